The van der Waals surface area contributed by atoms with E-state index >= 15 is 0 Å². The molecule has 0 unspecified atom stereocenters. The molecule has 0 amide bonds. The minimum Gasteiger partial charge on any atom is -0.392 e. The Bertz CT molecular complexity index is 801. The van der Waals surface area contributed by atoms with Crippen LogP contribution in [0.25, 0.3) is 0 Å². The van der Waals surface area contributed by atoms with Crippen molar-refractivity contribution in [2.75, 3.05) is 19.6 Å². The van der Waals surface area contributed by atoms with Crippen LogP contribution < -0.4 is 0 Å². The maximum absolute atomic E-state index is 10.4. The van der Waals surface area contributed by atoms with Crippen molar-refractivity contribution in [3.63, 3.8) is 0 Å². The van der Waals surface area contributed by atoms with Crippen LogP contribution in [0.2, 0.25) is 0 Å². The summed E-state index contributed by atoms with van der Waals surface area (Å²) in [7, 11) is 0. The van der Waals surface area contributed by atoms with Gasteiger partial charge in [-0.3, -0.25) is 9.80 Å². The second-order valence-electron chi connectivity index (χ2n) is 9.19. The van der Waals surface area contributed by atoms with E-state index in [1.165, 1.54) is 44.2 Å². The first kappa shape index (κ1) is 19.2. The number of β-amino-alcohol motifs (C(OH)–C–C–N with tert-alkyl or cyclic N) is 1. The Hall–Kier alpha value is -1.76. The Morgan fingerprint density at radius 1 is 1.00 bits per heavy atom. The summed E-state index contributed by atoms with van der Waals surface area (Å²) in [6.45, 7) is 5.73. The van der Waals surface area contributed by atoms with E-state index in [2.05, 4.69) is 48.8 Å². The van der Waals surface area contributed by atoms with E-state index in [-0.39, 0.29) is 12.1 Å². The van der Waals surface area contributed by atoms with E-state index in [1.54, 1.807) is 0 Å². The Balaban J connectivity index is 1.28. The zero-order chi connectivity index (χ0) is 19.6. The smallest absolute Gasteiger partial charge is 0.150 e. The van der Waals surface area contributed by atoms with Crippen LogP contribution in [0.1, 0.15) is 61.8 Å². The van der Waals surface area contributed by atoms with Gasteiger partial charge in [0.1, 0.15) is 5.82 Å². The van der Waals surface area contributed by atoms with Crippen molar-refractivity contribution >= 4 is 0 Å². The number of fused-ring (bicyclic) bond motifs is 1. The molecule has 1 N–H and O–H groups in total. The summed E-state index contributed by atoms with van der Waals surface area (Å²) in [5.74, 6) is 3.01. The van der Waals surface area contributed by atoms with E-state index in [0.717, 1.165) is 50.2 Å². The molecule has 3 heterocycles. The molecule has 29 heavy (non-hydrogen) atoms. The fraction of sp³-hybridized carbons (Fsp3) is 0.652. The highest BCUT2D eigenvalue weighted by molar-refractivity contribution is 5.16. The van der Waals surface area contributed by atoms with E-state index in [4.69, 9.17) is 0 Å². The van der Waals surface area contributed by atoms with Crippen molar-refractivity contribution in [2.45, 2.75) is 70.3 Å². The molecule has 2 atom stereocenters. The van der Waals surface area contributed by atoms with Crippen molar-refractivity contribution in [3.8, 4) is 0 Å². The largest absolute Gasteiger partial charge is 0.392 e. The van der Waals surface area contributed by atoms with Gasteiger partial charge in [-0.2, -0.15) is 0 Å². The molecule has 1 aromatic heterocycles. The van der Waals surface area contributed by atoms with Crippen LogP contribution >= 0.6 is 0 Å². The molecule has 2 aliphatic heterocycles. The van der Waals surface area contributed by atoms with Gasteiger partial charge in [0.25, 0.3) is 0 Å². The predicted molar refractivity (Wildman–Crippen MR) is 112 cm³/mol. The molecular weight excluding hydrogens is 362 g/mol. The molecule has 2 fully saturated rings. The number of nitrogens with zero attached hydrogens (tertiary/aromatic N) is 5. The fourth-order valence-electron chi connectivity index (χ4n) is 5.51. The van der Waals surface area contributed by atoms with Gasteiger partial charge in [-0.05, 0) is 30.7 Å². The van der Waals surface area contributed by atoms with Crippen LogP contribution in [0, 0.1) is 5.92 Å². The van der Waals surface area contributed by atoms with E-state index in [0.29, 0.717) is 6.54 Å². The second-order valence-corrected chi connectivity index (χ2v) is 9.19. The quantitative estimate of drug-likeness (QED) is 0.843. The molecule has 1 saturated carbocycles. The average molecular weight is 396 g/mol. The highest BCUT2D eigenvalue weighted by atomic mass is 16.3. The maximum atomic E-state index is 10.4. The van der Waals surface area contributed by atoms with Crippen LogP contribution in [0.5, 0.6) is 0 Å². The van der Waals surface area contributed by atoms with Gasteiger partial charge < -0.3 is 9.67 Å². The molecular formula is C23H33N5O. The van der Waals surface area contributed by atoms with Crippen molar-refractivity contribution in [1.29, 1.82) is 0 Å². The maximum Gasteiger partial charge on any atom is 0.150 e. The number of aromatic nitrogens is 3. The lowest BCUT2D eigenvalue weighted by Crippen LogP contribution is -2.38. The third-order valence-electron chi connectivity index (χ3n) is 7.01. The normalized spacial score (nSPS) is 26.7. The summed E-state index contributed by atoms with van der Waals surface area (Å²) in [6, 6.07) is 10.7. The molecule has 3 aliphatic rings. The molecule has 2 aromatic rings. The van der Waals surface area contributed by atoms with Gasteiger partial charge in [0.2, 0.25) is 0 Å². The molecule has 1 aromatic carbocycles. The van der Waals surface area contributed by atoms with Crippen molar-refractivity contribution in [2.24, 2.45) is 5.92 Å². The molecule has 0 radical (unpaired) electrons. The van der Waals surface area contributed by atoms with Gasteiger partial charge in [0.15, 0.2) is 5.82 Å². The number of aliphatic hydroxyl groups excluding tert-OH is 1. The summed E-state index contributed by atoms with van der Waals surface area (Å²) in [6.07, 6.45) is 7.46. The van der Waals surface area contributed by atoms with Gasteiger partial charge in [-0.25, -0.2) is 0 Å². The Morgan fingerprint density at radius 2 is 1.83 bits per heavy atom. The first-order valence-corrected chi connectivity index (χ1v) is 11.4. The third-order valence-corrected chi connectivity index (χ3v) is 7.01. The highest BCUT2D eigenvalue weighted by Crippen LogP contribution is 2.34. The van der Waals surface area contributed by atoms with Gasteiger partial charge in [-0.15, -0.1) is 10.2 Å². The number of hydrogen-bond donors (Lipinski definition) is 1. The monoisotopic (exact) mass is 395 g/mol. The minimum atomic E-state index is -0.289. The van der Waals surface area contributed by atoms with Crippen molar-refractivity contribution < 1.29 is 5.11 Å². The molecule has 1 aliphatic carbocycles. The second kappa shape index (κ2) is 8.54. The summed E-state index contributed by atoms with van der Waals surface area (Å²) < 4.78 is 2.33. The van der Waals surface area contributed by atoms with Gasteiger partial charge in [0.05, 0.1) is 18.7 Å². The first-order chi connectivity index (χ1) is 14.3. The predicted octanol–water partition coefficient (Wildman–Crippen LogP) is 2.98. The molecule has 0 spiro atoms. The molecule has 5 rings (SSSR count). The van der Waals surface area contributed by atoms with Crippen LogP contribution in [-0.2, 0) is 19.6 Å². The summed E-state index contributed by atoms with van der Waals surface area (Å²) in [5.41, 5.74) is 1.28. The molecule has 1 saturated heterocycles. The Labute approximate surface area is 173 Å². The summed E-state index contributed by atoms with van der Waals surface area (Å²) >= 11 is 0. The standard InChI is InChI=1S/C23H33N5O/c29-20-13-21(27(16-20)15-19-9-5-2-6-10-19)23-25-24-22-17-26(11-12-28(22)23)14-18-7-3-1-4-8-18/h2,5-6,9-10,18,20-21,29H,1,3-4,7-8,11-17H2/t20-,21+/m1/s1. The van der Waals surface area contributed by atoms with Crippen molar-refractivity contribution in [3.05, 3.63) is 47.5 Å². The SMILES string of the molecule is O[C@@H]1C[C@@H](c2nnc3n2CCN(CC2CCCCC2)C3)N(Cc2ccccc2)C1. The van der Waals surface area contributed by atoms with Gasteiger partial charge in [0, 0.05) is 32.7 Å². The number of rotatable bonds is 5. The van der Waals surface area contributed by atoms with E-state index in [1.807, 2.05) is 6.07 Å². The first-order valence-electron chi connectivity index (χ1n) is 11.4. The fourth-order valence-corrected chi connectivity index (χ4v) is 5.51. The zero-order valence-electron chi connectivity index (χ0n) is 17.3. The third kappa shape index (κ3) is 4.25. The number of benzene rings is 1. The van der Waals surface area contributed by atoms with Crippen molar-refractivity contribution in [1.82, 2.24) is 24.6 Å². The Morgan fingerprint density at radius 3 is 2.66 bits per heavy atom. The van der Waals surface area contributed by atoms with Crippen LogP contribution in [-0.4, -0.2) is 55.4 Å². The lowest BCUT2D eigenvalue weighted by molar-refractivity contribution is 0.159. The average Bonchev–Trinajstić information content (AvgIpc) is 3.32. The van der Waals surface area contributed by atoms with E-state index < -0.39 is 0 Å². The van der Waals surface area contributed by atoms with E-state index in [9.17, 15) is 5.11 Å². The van der Waals surface area contributed by atoms with Gasteiger partial charge >= 0.3 is 0 Å². The number of likely N-dealkylation sites (tertiary alicyclic amines) is 1. The zero-order valence-corrected chi connectivity index (χ0v) is 17.3. The minimum absolute atomic E-state index is 0.149. The number of aliphatic hydroxyl groups is 1. The molecule has 156 valence electrons. The summed E-state index contributed by atoms with van der Waals surface area (Å²) in [5, 5.41) is 19.6. The molecule has 0 bridgehead atoms. The molecule has 6 heteroatoms. The van der Waals surface area contributed by atoms with Gasteiger partial charge in [-0.1, -0.05) is 49.6 Å². The summed E-state index contributed by atoms with van der Waals surface area (Å²) in [4.78, 5) is 4.95. The highest BCUT2D eigenvalue weighted by Gasteiger charge is 2.36. The topological polar surface area (TPSA) is 57.4 Å². The lowest BCUT2D eigenvalue weighted by Gasteiger charge is -2.33. The van der Waals surface area contributed by atoms with Crippen LogP contribution in [0.4, 0.5) is 0 Å². The lowest BCUT2D eigenvalue weighted by atomic mass is 9.89. The Kier molecular flexibility index (Phi) is 5.66. The van der Waals surface area contributed by atoms with Crippen LogP contribution in [0.15, 0.2) is 30.3 Å². The van der Waals surface area contributed by atoms with Crippen LogP contribution in [0.3, 0.4) is 0 Å². The molecule has 6 nitrogen and oxygen atoms in total. The number of hydrogen-bond acceptors (Lipinski definition) is 5.